The van der Waals surface area contributed by atoms with Crippen LogP contribution in [0.4, 0.5) is 13.2 Å². The number of nitrogens with zero attached hydrogens (tertiary/aromatic N) is 3. The van der Waals surface area contributed by atoms with E-state index in [9.17, 15) is 18.0 Å². The van der Waals surface area contributed by atoms with Crippen molar-refractivity contribution >= 4 is 17.7 Å². The second kappa shape index (κ2) is 8.34. The van der Waals surface area contributed by atoms with Crippen LogP contribution in [0.2, 0.25) is 0 Å². The van der Waals surface area contributed by atoms with Crippen molar-refractivity contribution in [2.45, 2.75) is 49.9 Å². The zero-order valence-corrected chi connectivity index (χ0v) is 16.8. The molecule has 1 aliphatic heterocycles. The molecule has 0 atom stereocenters. The van der Waals surface area contributed by atoms with Gasteiger partial charge in [0.1, 0.15) is 0 Å². The van der Waals surface area contributed by atoms with Crippen LogP contribution in [-0.2, 0) is 23.8 Å². The average Bonchev–Trinajstić information content (AvgIpc) is 3.00. The monoisotopic (exact) mass is 421 g/mol. The minimum Gasteiger partial charge on any atom is -0.342 e. The van der Waals surface area contributed by atoms with Crippen molar-refractivity contribution < 1.29 is 18.0 Å². The van der Waals surface area contributed by atoms with E-state index in [0.717, 1.165) is 48.6 Å². The minimum atomic E-state index is -4.55. The molecule has 0 spiro atoms. The first-order chi connectivity index (χ1) is 13.9. The number of thioether (sulfide) groups is 1. The van der Waals surface area contributed by atoms with Crippen molar-refractivity contribution in [1.82, 2.24) is 14.9 Å². The first-order valence-corrected chi connectivity index (χ1v) is 10.9. The van der Waals surface area contributed by atoms with Crippen LogP contribution in [-0.4, -0.2) is 39.6 Å². The van der Waals surface area contributed by atoms with Crippen LogP contribution in [0.25, 0.3) is 11.3 Å². The summed E-state index contributed by atoms with van der Waals surface area (Å²) in [5.41, 5.74) is 1.34. The summed E-state index contributed by atoms with van der Waals surface area (Å²) in [7, 11) is 0. The molecule has 8 heteroatoms. The zero-order valence-electron chi connectivity index (χ0n) is 16.0. The minimum absolute atomic E-state index is 0.0101. The Morgan fingerprint density at radius 1 is 1.03 bits per heavy atom. The summed E-state index contributed by atoms with van der Waals surface area (Å²) in [4.78, 5) is 22.6. The highest BCUT2D eigenvalue weighted by atomic mass is 32.2. The Morgan fingerprint density at radius 3 is 2.48 bits per heavy atom. The van der Waals surface area contributed by atoms with Crippen molar-refractivity contribution in [2.75, 3.05) is 18.8 Å². The normalized spacial score (nSPS) is 16.7. The van der Waals surface area contributed by atoms with Gasteiger partial charge in [-0.3, -0.25) is 4.79 Å². The predicted octanol–water partition coefficient (Wildman–Crippen LogP) is 4.76. The van der Waals surface area contributed by atoms with E-state index < -0.39 is 11.9 Å². The summed E-state index contributed by atoms with van der Waals surface area (Å²) >= 11 is 0.993. The number of hydrogen-bond donors (Lipinski definition) is 0. The fourth-order valence-electron chi connectivity index (χ4n) is 3.99. The van der Waals surface area contributed by atoms with Crippen molar-refractivity contribution in [1.29, 1.82) is 0 Å². The lowest BCUT2D eigenvalue weighted by atomic mass is 9.88. The van der Waals surface area contributed by atoms with E-state index in [0.29, 0.717) is 25.2 Å². The highest BCUT2D eigenvalue weighted by Gasteiger charge is 2.39. The molecule has 154 valence electrons. The molecule has 2 aromatic rings. The Morgan fingerprint density at radius 2 is 1.76 bits per heavy atom. The van der Waals surface area contributed by atoms with Crippen LogP contribution in [0.1, 0.15) is 42.5 Å². The number of benzene rings is 1. The van der Waals surface area contributed by atoms with Gasteiger partial charge in [0.2, 0.25) is 5.91 Å². The van der Waals surface area contributed by atoms with Crippen LogP contribution in [0.15, 0.2) is 29.4 Å². The number of carbonyl (C=O) groups is 1. The van der Waals surface area contributed by atoms with Gasteiger partial charge >= 0.3 is 6.18 Å². The van der Waals surface area contributed by atoms with E-state index >= 15 is 0 Å². The zero-order chi connectivity index (χ0) is 20.4. The molecule has 4 rings (SSSR count). The van der Waals surface area contributed by atoms with Crippen molar-refractivity contribution in [3.63, 3.8) is 0 Å². The van der Waals surface area contributed by atoms with Crippen molar-refractivity contribution in [3.8, 4) is 11.3 Å². The molecule has 1 aromatic heterocycles. The first kappa shape index (κ1) is 20.2. The summed E-state index contributed by atoms with van der Waals surface area (Å²) in [6.07, 6.45) is 0.414. The number of hydrogen-bond acceptors (Lipinski definition) is 4. The van der Waals surface area contributed by atoms with Gasteiger partial charge < -0.3 is 4.90 Å². The molecule has 4 nitrogen and oxygen atoms in total. The van der Waals surface area contributed by atoms with Crippen LogP contribution in [0.3, 0.4) is 0 Å². The molecular formula is C21H22F3N3OS. The van der Waals surface area contributed by atoms with Gasteiger partial charge in [0, 0.05) is 24.2 Å². The van der Waals surface area contributed by atoms with E-state index in [-0.39, 0.29) is 28.8 Å². The Hall–Kier alpha value is -2.09. The molecule has 0 N–H and O–H groups in total. The van der Waals surface area contributed by atoms with Gasteiger partial charge in [0.25, 0.3) is 0 Å². The van der Waals surface area contributed by atoms with Gasteiger partial charge in [-0.05, 0) is 31.2 Å². The maximum Gasteiger partial charge on any atom is 0.433 e. The van der Waals surface area contributed by atoms with E-state index in [2.05, 4.69) is 9.97 Å². The van der Waals surface area contributed by atoms with Crippen molar-refractivity contribution in [3.05, 3.63) is 41.1 Å². The van der Waals surface area contributed by atoms with Crippen LogP contribution < -0.4 is 0 Å². The van der Waals surface area contributed by atoms with Gasteiger partial charge in [-0.1, -0.05) is 48.9 Å². The van der Waals surface area contributed by atoms with Crippen LogP contribution in [0.5, 0.6) is 0 Å². The molecule has 1 saturated heterocycles. The summed E-state index contributed by atoms with van der Waals surface area (Å²) in [6.45, 7) is 1.43. The third-order valence-electron chi connectivity index (χ3n) is 5.46. The molecule has 0 radical (unpaired) electrons. The molecule has 2 heterocycles. The number of amides is 1. The SMILES string of the molecule is O=C(CSc1nc2c(c(C(F)(F)F)n1)CCc1ccccc1-2)N1CCCCCC1. The van der Waals surface area contributed by atoms with Crippen LogP contribution >= 0.6 is 11.8 Å². The number of aryl methyl sites for hydroxylation is 1. The molecule has 0 saturated carbocycles. The molecule has 0 bridgehead atoms. The van der Waals surface area contributed by atoms with Crippen LogP contribution in [0, 0.1) is 0 Å². The van der Waals surface area contributed by atoms with Gasteiger partial charge in [0.05, 0.1) is 11.4 Å². The van der Waals surface area contributed by atoms with Gasteiger partial charge in [-0.15, -0.1) is 0 Å². The molecule has 1 amide bonds. The second-order valence-electron chi connectivity index (χ2n) is 7.42. The highest BCUT2D eigenvalue weighted by molar-refractivity contribution is 7.99. The lowest BCUT2D eigenvalue weighted by Crippen LogP contribution is -2.33. The van der Waals surface area contributed by atoms with E-state index in [1.807, 2.05) is 12.1 Å². The second-order valence-corrected chi connectivity index (χ2v) is 8.36. The summed E-state index contributed by atoms with van der Waals surface area (Å²) in [6, 6.07) is 7.41. The average molecular weight is 421 g/mol. The standard InChI is InChI=1S/C21H22F3N3OS/c22-21(23,24)19-16-10-9-14-7-3-4-8-15(14)18(16)25-20(26-19)29-13-17(28)27-11-5-1-2-6-12-27/h3-4,7-8H,1-2,5-6,9-13H2. The Kier molecular flexibility index (Phi) is 5.81. The molecule has 2 aliphatic rings. The maximum absolute atomic E-state index is 13.7. The molecule has 1 fully saturated rings. The number of alkyl halides is 3. The number of fused-ring (bicyclic) bond motifs is 3. The fraction of sp³-hybridized carbons (Fsp3) is 0.476. The predicted molar refractivity (Wildman–Crippen MR) is 106 cm³/mol. The molecule has 1 aromatic carbocycles. The smallest absolute Gasteiger partial charge is 0.342 e. The maximum atomic E-state index is 13.7. The Bertz CT molecular complexity index is 909. The van der Waals surface area contributed by atoms with E-state index in [1.165, 1.54) is 0 Å². The summed E-state index contributed by atoms with van der Waals surface area (Å²) in [5, 5.41) is 0.0101. The quantitative estimate of drug-likeness (QED) is 0.530. The van der Waals surface area contributed by atoms with Gasteiger partial charge in [-0.2, -0.15) is 13.2 Å². The lowest BCUT2D eigenvalue weighted by molar-refractivity contribution is -0.142. The number of carbonyl (C=O) groups excluding carboxylic acids is 1. The third-order valence-corrected chi connectivity index (χ3v) is 6.29. The molecular weight excluding hydrogens is 399 g/mol. The molecule has 29 heavy (non-hydrogen) atoms. The lowest BCUT2D eigenvalue weighted by Gasteiger charge is -2.23. The number of likely N-dealkylation sites (tertiary alicyclic amines) is 1. The van der Waals surface area contributed by atoms with E-state index in [1.54, 1.807) is 17.0 Å². The number of rotatable bonds is 3. The number of aromatic nitrogens is 2. The Labute approximate surface area is 171 Å². The first-order valence-electron chi connectivity index (χ1n) is 9.90. The summed E-state index contributed by atoms with van der Waals surface area (Å²) in [5.74, 6) is -0.00949. The highest BCUT2D eigenvalue weighted by Crippen LogP contribution is 2.40. The van der Waals surface area contributed by atoms with Gasteiger partial charge in [-0.25, -0.2) is 9.97 Å². The third kappa shape index (κ3) is 4.42. The fourth-order valence-corrected chi connectivity index (χ4v) is 4.74. The van der Waals surface area contributed by atoms with Crippen molar-refractivity contribution in [2.24, 2.45) is 0 Å². The van der Waals surface area contributed by atoms with Gasteiger partial charge in [0.15, 0.2) is 10.9 Å². The Balaban J connectivity index is 1.62. The molecule has 1 aliphatic carbocycles. The van der Waals surface area contributed by atoms with E-state index in [4.69, 9.17) is 0 Å². The largest absolute Gasteiger partial charge is 0.433 e. The molecule has 0 unspecified atom stereocenters. The summed E-state index contributed by atoms with van der Waals surface area (Å²) < 4.78 is 41.1. The topological polar surface area (TPSA) is 46.1 Å². The number of halogens is 3.